The molecule has 0 saturated carbocycles. The molecule has 4 nitrogen and oxygen atoms in total. The molecule has 118 valence electrons. The lowest BCUT2D eigenvalue weighted by atomic mass is 9.98. The van der Waals surface area contributed by atoms with E-state index in [-0.39, 0.29) is 0 Å². The molecule has 0 saturated heterocycles. The van der Waals surface area contributed by atoms with Gasteiger partial charge in [-0.25, -0.2) is 4.99 Å². The molecule has 0 fully saturated rings. The molecule has 3 N–H and O–H groups in total. The molecular formula is C16H26ClN3O. The maximum atomic E-state index is 10.3. The molecule has 1 aromatic carbocycles. The van der Waals surface area contributed by atoms with Gasteiger partial charge in [0.15, 0.2) is 5.96 Å². The van der Waals surface area contributed by atoms with Gasteiger partial charge in [0.2, 0.25) is 0 Å². The van der Waals surface area contributed by atoms with E-state index in [0.29, 0.717) is 31.9 Å². The zero-order valence-corrected chi connectivity index (χ0v) is 13.9. The largest absolute Gasteiger partial charge is 0.388 e. The first-order valence-electron chi connectivity index (χ1n) is 7.52. The summed E-state index contributed by atoms with van der Waals surface area (Å²) >= 11 is 5.87. The number of nitrogens with one attached hydrogen (secondary N) is 2. The zero-order chi connectivity index (χ0) is 15.7. The van der Waals surface area contributed by atoms with E-state index in [1.165, 1.54) is 0 Å². The molecular weight excluding hydrogens is 286 g/mol. The van der Waals surface area contributed by atoms with Gasteiger partial charge in [0.25, 0.3) is 0 Å². The minimum atomic E-state index is -0.684. The molecule has 0 bridgehead atoms. The summed E-state index contributed by atoms with van der Waals surface area (Å²) in [6.45, 7) is 7.84. The average molecular weight is 312 g/mol. The second-order valence-corrected chi connectivity index (χ2v) is 5.54. The number of hydrogen-bond donors (Lipinski definition) is 3. The van der Waals surface area contributed by atoms with Crippen LogP contribution in [0.25, 0.3) is 0 Å². The predicted octanol–water partition coefficient (Wildman–Crippen LogP) is 2.95. The minimum Gasteiger partial charge on any atom is -0.388 e. The van der Waals surface area contributed by atoms with E-state index < -0.39 is 5.60 Å². The molecule has 21 heavy (non-hydrogen) atoms. The smallest absolute Gasteiger partial charge is 0.191 e. The first-order chi connectivity index (χ1) is 10.0. The number of halogens is 1. The summed E-state index contributed by atoms with van der Waals surface area (Å²) in [5.41, 5.74) is 0.411. The highest BCUT2D eigenvalue weighted by Gasteiger charge is 2.22. The van der Waals surface area contributed by atoms with Gasteiger partial charge >= 0.3 is 0 Å². The van der Waals surface area contributed by atoms with Gasteiger partial charge in [0.1, 0.15) is 0 Å². The molecule has 0 aliphatic rings. The fourth-order valence-electron chi connectivity index (χ4n) is 1.85. The van der Waals surface area contributed by atoms with E-state index in [1.54, 1.807) is 0 Å². The summed E-state index contributed by atoms with van der Waals surface area (Å²) in [6, 6.07) is 7.65. The van der Waals surface area contributed by atoms with E-state index >= 15 is 0 Å². The van der Waals surface area contributed by atoms with Crippen LogP contribution < -0.4 is 10.6 Å². The lowest BCUT2D eigenvalue weighted by Crippen LogP contribution is -2.46. The van der Waals surface area contributed by atoms with Crippen molar-refractivity contribution in [2.24, 2.45) is 4.99 Å². The van der Waals surface area contributed by atoms with Crippen LogP contribution in [0.2, 0.25) is 5.02 Å². The number of nitrogens with zero attached hydrogens (tertiary/aromatic N) is 1. The van der Waals surface area contributed by atoms with E-state index in [4.69, 9.17) is 11.6 Å². The van der Waals surface area contributed by atoms with Crippen LogP contribution in [0.3, 0.4) is 0 Å². The van der Waals surface area contributed by atoms with E-state index in [0.717, 1.165) is 17.1 Å². The molecule has 0 aliphatic heterocycles. The van der Waals surface area contributed by atoms with Crippen molar-refractivity contribution in [3.63, 3.8) is 0 Å². The third-order valence-corrected chi connectivity index (χ3v) is 3.83. The molecule has 5 heteroatoms. The molecule has 0 aliphatic carbocycles. The van der Waals surface area contributed by atoms with Gasteiger partial charge < -0.3 is 15.7 Å². The van der Waals surface area contributed by atoms with Gasteiger partial charge in [0.05, 0.1) is 12.1 Å². The Morgan fingerprint density at radius 2 is 1.76 bits per heavy atom. The van der Waals surface area contributed by atoms with Gasteiger partial charge in [0, 0.05) is 18.1 Å². The Kier molecular flexibility index (Phi) is 7.54. The highest BCUT2D eigenvalue weighted by atomic mass is 35.5. The quantitative estimate of drug-likeness (QED) is 0.536. The van der Waals surface area contributed by atoms with Crippen LogP contribution >= 0.6 is 11.6 Å². The number of guanidine groups is 1. The van der Waals surface area contributed by atoms with E-state index in [2.05, 4.69) is 15.6 Å². The Balaban J connectivity index is 2.63. The third kappa shape index (κ3) is 6.36. The summed E-state index contributed by atoms with van der Waals surface area (Å²) < 4.78 is 0. The maximum absolute atomic E-state index is 10.3. The predicted molar refractivity (Wildman–Crippen MR) is 89.8 cm³/mol. The second-order valence-electron chi connectivity index (χ2n) is 5.11. The molecule has 0 unspecified atom stereocenters. The van der Waals surface area contributed by atoms with Crippen molar-refractivity contribution in [2.45, 2.75) is 45.8 Å². The Bertz CT molecular complexity index is 441. The maximum Gasteiger partial charge on any atom is 0.191 e. The van der Waals surface area contributed by atoms with Crippen molar-refractivity contribution in [1.82, 2.24) is 10.6 Å². The standard InChI is InChI=1S/C16H26ClN3O/c1-4-16(21,5-2)12-20-15(18-6-3)19-11-13-7-9-14(17)10-8-13/h7-10,21H,4-6,11-12H2,1-3H3,(H2,18,19,20). The highest BCUT2D eigenvalue weighted by Crippen LogP contribution is 2.13. The monoisotopic (exact) mass is 311 g/mol. The Morgan fingerprint density at radius 1 is 1.14 bits per heavy atom. The van der Waals surface area contributed by atoms with Crippen LogP contribution in [-0.4, -0.2) is 29.8 Å². The summed E-state index contributed by atoms with van der Waals surface area (Å²) in [5.74, 6) is 0.716. The molecule has 0 atom stereocenters. The normalized spacial score (nSPS) is 12.3. The molecule has 0 radical (unpaired) electrons. The molecule has 1 aromatic rings. The molecule has 0 aromatic heterocycles. The van der Waals surface area contributed by atoms with Gasteiger partial charge in [-0.15, -0.1) is 0 Å². The lowest BCUT2D eigenvalue weighted by molar-refractivity contribution is 0.0367. The first kappa shape index (κ1) is 17.8. The fourth-order valence-corrected chi connectivity index (χ4v) is 1.98. The first-order valence-corrected chi connectivity index (χ1v) is 7.89. The summed E-state index contributed by atoms with van der Waals surface area (Å²) in [5, 5.41) is 17.4. The van der Waals surface area contributed by atoms with Gasteiger partial charge in [-0.2, -0.15) is 0 Å². The minimum absolute atomic E-state index is 0.493. The summed E-state index contributed by atoms with van der Waals surface area (Å²) in [4.78, 5) is 4.53. The van der Waals surface area contributed by atoms with Crippen molar-refractivity contribution < 1.29 is 5.11 Å². The van der Waals surface area contributed by atoms with Crippen LogP contribution in [0.15, 0.2) is 29.3 Å². The molecule has 0 heterocycles. The average Bonchev–Trinajstić information content (AvgIpc) is 2.51. The van der Waals surface area contributed by atoms with Crippen LogP contribution in [0.5, 0.6) is 0 Å². The van der Waals surface area contributed by atoms with Crippen LogP contribution in [0.4, 0.5) is 0 Å². The number of aliphatic imine (C=N–C) groups is 1. The van der Waals surface area contributed by atoms with Crippen molar-refractivity contribution in [2.75, 3.05) is 13.1 Å². The Hall–Kier alpha value is -1.26. The summed E-state index contributed by atoms with van der Waals surface area (Å²) in [6.07, 6.45) is 1.43. The lowest BCUT2D eigenvalue weighted by Gasteiger charge is -2.26. The fraction of sp³-hybridized carbons (Fsp3) is 0.562. The van der Waals surface area contributed by atoms with Gasteiger partial charge in [-0.3, -0.25) is 0 Å². The van der Waals surface area contributed by atoms with Crippen LogP contribution in [-0.2, 0) is 6.54 Å². The Labute approximate surface area is 132 Å². The van der Waals surface area contributed by atoms with Crippen LogP contribution in [0.1, 0.15) is 39.2 Å². The number of hydrogen-bond acceptors (Lipinski definition) is 2. The zero-order valence-electron chi connectivity index (χ0n) is 13.1. The highest BCUT2D eigenvalue weighted by molar-refractivity contribution is 6.30. The van der Waals surface area contributed by atoms with Crippen molar-refractivity contribution >= 4 is 17.6 Å². The number of aliphatic hydroxyl groups is 1. The van der Waals surface area contributed by atoms with E-state index in [9.17, 15) is 5.11 Å². The van der Waals surface area contributed by atoms with Crippen LogP contribution in [0, 0.1) is 0 Å². The van der Waals surface area contributed by atoms with Gasteiger partial charge in [-0.1, -0.05) is 37.6 Å². The van der Waals surface area contributed by atoms with Crippen molar-refractivity contribution in [3.8, 4) is 0 Å². The van der Waals surface area contributed by atoms with Crippen molar-refractivity contribution in [3.05, 3.63) is 34.9 Å². The summed E-state index contributed by atoms with van der Waals surface area (Å²) in [7, 11) is 0. The van der Waals surface area contributed by atoms with E-state index in [1.807, 2.05) is 45.0 Å². The van der Waals surface area contributed by atoms with Crippen molar-refractivity contribution in [1.29, 1.82) is 0 Å². The number of rotatable bonds is 7. The SMILES string of the molecule is CCNC(=NCc1ccc(Cl)cc1)NCC(O)(CC)CC. The van der Waals surface area contributed by atoms with Gasteiger partial charge in [-0.05, 0) is 37.5 Å². The molecule has 0 spiro atoms. The molecule has 1 rings (SSSR count). The third-order valence-electron chi connectivity index (χ3n) is 3.58. The molecule has 0 amide bonds. The number of benzene rings is 1. The topological polar surface area (TPSA) is 56.7 Å². The second kappa shape index (κ2) is 8.90. The Morgan fingerprint density at radius 3 is 2.29 bits per heavy atom.